The lowest BCUT2D eigenvalue weighted by molar-refractivity contribution is 0.0946. The van der Waals surface area contributed by atoms with E-state index in [4.69, 9.17) is 0 Å². The number of carbonyl (C=O) groups excluding carboxylic acids is 1. The molecule has 0 aliphatic carbocycles. The van der Waals surface area contributed by atoms with Gasteiger partial charge >= 0.3 is 0 Å². The molecule has 2 rings (SSSR count). The molecular weight excluding hydrogens is 246 g/mol. The van der Waals surface area contributed by atoms with E-state index in [0.717, 1.165) is 17.0 Å². The van der Waals surface area contributed by atoms with Gasteiger partial charge in [0.25, 0.3) is 5.91 Å². The van der Waals surface area contributed by atoms with E-state index in [1.165, 1.54) is 11.3 Å². The maximum Gasteiger partial charge on any atom is 0.256 e. The Bertz CT molecular complexity index is 528. The van der Waals surface area contributed by atoms with Crippen molar-refractivity contribution in [1.82, 2.24) is 10.3 Å². The Labute approximate surface area is 100 Å². The van der Waals surface area contributed by atoms with Crippen molar-refractivity contribution in [2.24, 2.45) is 0 Å². The van der Waals surface area contributed by atoms with Crippen molar-refractivity contribution in [3.05, 3.63) is 52.0 Å². The standard InChI is InChI=1S/C11H8F2N2OS/c12-9-4-3-8(10(13)15-9)11(16)14-6-7-2-1-5-17-7/h1-5H,6H2,(H,14,16). The van der Waals surface area contributed by atoms with Gasteiger partial charge in [0.2, 0.25) is 11.9 Å². The topological polar surface area (TPSA) is 42.0 Å². The number of hydrogen-bond donors (Lipinski definition) is 1. The maximum absolute atomic E-state index is 13.2. The number of nitrogens with zero attached hydrogens (tertiary/aromatic N) is 1. The Morgan fingerprint density at radius 2 is 2.18 bits per heavy atom. The zero-order valence-electron chi connectivity index (χ0n) is 8.61. The predicted molar refractivity (Wildman–Crippen MR) is 59.6 cm³/mol. The average Bonchev–Trinajstić information content (AvgIpc) is 2.78. The Hall–Kier alpha value is -1.82. The number of aromatic nitrogens is 1. The van der Waals surface area contributed by atoms with Gasteiger partial charge in [-0.25, -0.2) is 0 Å². The first-order valence-corrected chi connectivity index (χ1v) is 5.67. The van der Waals surface area contributed by atoms with Crippen LogP contribution in [0.1, 0.15) is 15.2 Å². The fraction of sp³-hybridized carbons (Fsp3) is 0.0909. The highest BCUT2D eigenvalue weighted by molar-refractivity contribution is 7.09. The van der Waals surface area contributed by atoms with E-state index < -0.39 is 17.8 Å². The smallest absolute Gasteiger partial charge is 0.256 e. The van der Waals surface area contributed by atoms with Crippen molar-refractivity contribution < 1.29 is 13.6 Å². The van der Waals surface area contributed by atoms with Gasteiger partial charge in [-0.2, -0.15) is 13.8 Å². The van der Waals surface area contributed by atoms with Crippen LogP contribution < -0.4 is 5.32 Å². The number of hydrogen-bond acceptors (Lipinski definition) is 3. The van der Waals surface area contributed by atoms with Crippen LogP contribution in [0.25, 0.3) is 0 Å². The quantitative estimate of drug-likeness (QED) is 0.854. The highest BCUT2D eigenvalue weighted by atomic mass is 32.1. The monoisotopic (exact) mass is 254 g/mol. The predicted octanol–water partition coefficient (Wildman–Crippen LogP) is 2.35. The molecule has 1 N–H and O–H groups in total. The molecule has 0 atom stereocenters. The fourth-order valence-corrected chi connectivity index (χ4v) is 1.90. The van der Waals surface area contributed by atoms with Crippen molar-refractivity contribution in [2.75, 3.05) is 0 Å². The molecule has 0 radical (unpaired) electrons. The van der Waals surface area contributed by atoms with E-state index in [0.29, 0.717) is 6.54 Å². The second kappa shape index (κ2) is 5.01. The summed E-state index contributed by atoms with van der Waals surface area (Å²) in [5.74, 6) is -2.66. The highest BCUT2D eigenvalue weighted by Gasteiger charge is 2.13. The van der Waals surface area contributed by atoms with E-state index >= 15 is 0 Å². The van der Waals surface area contributed by atoms with Crippen LogP contribution in [0, 0.1) is 11.9 Å². The highest BCUT2D eigenvalue weighted by Crippen LogP contribution is 2.09. The van der Waals surface area contributed by atoms with Crippen molar-refractivity contribution in [2.45, 2.75) is 6.54 Å². The molecule has 17 heavy (non-hydrogen) atoms. The molecule has 88 valence electrons. The third-order valence-corrected chi connectivity index (χ3v) is 2.94. The summed E-state index contributed by atoms with van der Waals surface area (Å²) in [6.07, 6.45) is 0. The Morgan fingerprint density at radius 1 is 1.35 bits per heavy atom. The van der Waals surface area contributed by atoms with E-state index in [2.05, 4.69) is 10.3 Å². The maximum atomic E-state index is 13.2. The van der Waals surface area contributed by atoms with Crippen LogP contribution in [0.5, 0.6) is 0 Å². The minimum atomic E-state index is -1.10. The lowest BCUT2D eigenvalue weighted by Gasteiger charge is -2.04. The minimum Gasteiger partial charge on any atom is -0.347 e. The molecular formula is C11H8F2N2OS. The SMILES string of the molecule is O=C(NCc1cccs1)c1ccc(F)nc1F. The number of thiophene rings is 1. The summed E-state index contributed by atoms with van der Waals surface area (Å²) >= 11 is 1.48. The molecule has 0 unspecified atom stereocenters. The second-order valence-corrected chi connectivity index (χ2v) is 4.27. The summed E-state index contributed by atoms with van der Waals surface area (Å²) in [6.45, 7) is 0.313. The number of halogens is 2. The van der Waals surface area contributed by atoms with Crippen molar-refractivity contribution >= 4 is 17.2 Å². The van der Waals surface area contributed by atoms with Crippen molar-refractivity contribution in [3.63, 3.8) is 0 Å². The molecule has 2 aromatic heterocycles. The summed E-state index contributed by atoms with van der Waals surface area (Å²) in [5, 5.41) is 4.41. The molecule has 0 spiro atoms. The van der Waals surface area contributed by atoms with E-state index in [1.807, 2.05) is 17.5 Å². The summed E-state index contributed by atoms with van der Waals surface area (Å²) in [5.41, 5.74) is -0.261. The fourth-order valence-electron chi connectivity index (χ4n) is 1.26. The normalized spacial score (nSPS) is 10.2. The molecule has 2 aromatic rings. The van der Waals surface area contributed by atoms with Crippen LogP contribution in [0.15, 0.2) is 29.6 Å². The lowest BCUT2D eigenvalue weighted by atomic mass is 10.2. The first-order valence-electron chi connectivity index (χ1n) is 4.79. The number of amides is 1. The van der Waals surface area contributed by atoms with Crippen molar-refractivity contribution in [3.8, 4) is 0 Å². The minimum absolute atomic E-state index is 0.261. The van der Waals surface area contributed by atoms with Crippen LogP contribution in [0.3, 0.4) is 0 Å². The number of nitrogens with one attached hydrogen (secondary N) is 1. The van der Waals surface area contributed by atoms with E-state index in [1.54, 1.807) is 0 Å². The molecule has 0 aromatic carbocycles. The van der Waals surface area contributed by atoms with E-state index in [9.17, 15) is 13.6 Å². The number of rotatable bonds is 3. The van der Waals surface area contributed by atoms with Gasteiger partial charge in [-0.05, 0) is 23.6 Å². The zero-order valence-corrected chi connectivity index (χ0v) is 9.43. The molecule has 0 saturated heterocycles. The molecule has 0 bridgehead atoms. The molecule has 3 nitrogen and oxygen atoms in total. The van der Waals surface area contributed by atoms with Gasteiger partial charge in [0.15, 0.2) is 0 Å². The molecule has 0 aliphatic heterocycles. The molecule has 6 heteroatoms. The van der Waals surface area contributed by atoms with Gasteiger partial charge in [-0.15, -0.1) is 11.3 Å². The molecule has 2 heterocycles. The Balaban J connectivity index is 2.04. The summed E-state index contributed by atoms with van der Waals surface area (Å²) < 4.78 is 25.7. The van der Waals surface area contributed by atoms with Gasteiger partial charge in [-0.1, -0.05) is 6.07 Å². The number of carbonyl (C=O) groups is 1. The van der Waals surface area contributed by atoms with Crippen LogP contribution in [-0.4, -0.2) is 10.9 Å². The first kappa shape index (κ1) is 11.7. The van der Waals surface area contributed by atoms with Crippen LogP contribution in [0.2, 0.25) is 0 Å². The summed E-state index contributed by atoms with van der Waals surface area (Å²) in [4.78, 5) is 15.5. The van der Waals surface area contributed by atoms with Gasteiger partial charge in [-0.3, -0.25) is 4.79 Å². The lowest BCUT2D eigenvalue weighted by Crippen LogP contribution is -2.23. The largest absolute Gasteiger partial charge is 0.347 e. The first-order chi connectivity index (χ1) is 8.16. The third kappa shape index (κ3) is 2.85. The zero-order chi connectivity index (χ0) is 12.3. The van der Waals surface area contributed by atoms with Gasteiger partial charge in [0.05, 0.1) is 12.1 Å². The van der Waals surface area contributed by atoms with Crippen LogP contribution in [0.4, 0.5) is 8.78 Å². The van der Waals surface area contributed by atoms with Crippen LogP contribution in [-0.2, 0) is 6.54 Å². The summed E-state index contributed by atoms with van der Waals surface area (Å²) in [7, 11) is 0. The average molecular weight is 254 g/mol. The Morgan fingerprint density at radius 3 is 2.82 bits per heavy atom. The third-order valence-electron chi connectivity index (χ3n) is 2.06. The number of pyridine rings is 1. The Kier molecular flexibility index (Phi) is 3.43. The molecule has 0 aliphatic rings. The van der Waals surface area contributed by atoms with E-state index in [-0.39, 0.29) is 5.56 Å². The van der Waals surface area contributed by atoms with Gasteiger partial charge < -0.3 is 5.32 Å². The molecule has 0 fully saturated rings. The van der Waals surface area contributed by atoms with Crippen LogP contribution >= 0.6 is 11.3 Å². The summed E-state index contributed by atoms with van der Waals surface area (Å²) in [6, 6.07) is 5.72. The van der Waals surface area contributed by atoms with Gasteiger partial charge in [0, 0.05) is 4.88 Å². The molecule has 1 amide bonds. The second-order valence-electron chi connectivity index (χ2n) is 3.23. The van der Waals surface area contributed by atoms with Crippen molar-refractivity contribution in [1.29, 1.82) is 0 Å². The molecule has 0 saturated carbocycles. The van der Waals surface area contributed by atoms with Gasteiger partial charge in [0.1, 0.15) is 0 Å².